The first-order valence-electron chi connectivity index (χ1n) is 10.6. The Morgan fingerprint density at radius 1 is 1.19 bits per heavy atom. The first-order valence-corrected chi connectivity index (χ1v) is 10.6. The van der Waals surface area contributed by atoms with E-state index < -0.39 is 17.3 Å². The molecule has 7 nitrogen and oxygen atoms in total. The van der Waals surface area contributed by atoms with Gasteiger partial charge < -0.3 is 20.0 Å². The molecule has 0 unspecified atom stereocenters. The highest BCUT2D eigenvalue weighted by atomic mass is 19.4. The van der Waals surface area contributed by atoms with Crippen molar-refractivity contribution in [1.29, 1.82) is 5.26 Å². The number of carbonyl (C=O) groups excluding carboxylic acids is 2. The number of hydrogen-bond acceptors (Lipinski definition) is 4. The van der Waals surface area contributed by atoms with Gasteiger partial charge >= 0.3 is 12.2 Å². The van der Waals surface area contributed by atoms with Crippen molar-refractivity contribution in [2.24, 2.45) is 17.8 Å². The summed E-state index contributed by atoms with van der Waals surface area (Å²) in [4.78, 5) is 29.9. The van der Waals surface area contributed by atoms with Crippen LogP contribution in [0.2, 0.25) is 0 Å². The third-order valence-corrected chi connectivity index (χ3v) is 6.56. The molecule has 3 amide bonds. The zero-order valence-corrected chi connectivity index (χ0v) is 18.4. The maximum absolute atomic E-state index is 13.4. The number of piperidine rings is 1. The minimum Gasteiger partial charge on any atom is -0.370 e. The van der Waals surface area contributed by atoms with Crippen molar-refractivity contribution in [3.8, 4) is 6.07 Å². The van der Waals surface area contributed by atoms with Crippen molar-refractivity contribution in [3.05, 3.63) is 29.3 Å². The standard InChI is InChI=1S/C22H28F3N5O2/c1-27-21(32)29-8-6-14(7-9-29)17-12-30(13-18(17)20(31)28(2)3)16-5-4-15(11-26)19(10-16)22(23,24)25/h4-5,10,14,17-18H,6-9,12-13H2,1-3H3,(H,27,32)/t17-,18+/m0/s1. The van der Waals surface area contributed by atoms with Crippen LogP contribution in [0.15, 0.2) is 18.2 Å². The highest BCUT2D eigenvalue weighted by Gasteiger charge is 2.44. The van der Waals surface area contributed by atoms with Gasteiger partial charge in [0.15, 0.2) is 0 Å². The third kappa shape index (κ3) is 4.76. The Morgan fingerprint density at radius 3 is 2.38 bits per heavy atom. The molecule has 0 aliphatic carbocycles. The summed E-state index contributed by atoms with van der Waals surface area (Å²) in [5, 5.41) is 11.7. The Kier molecular flexibility index (Phi) is 6.86. The first-order chi connectivity index (χ1) is 15.1. The predicted molar refractivity (Wildman–Crippen MR) is 113 cm³/mol. The fourth-order valence-corrected chi connectivity index (χ4v) is 4.86. The number of nitrogens with zero attached hydrogens (tertiary/aromatic N) is 4. The molecule has 2 saturated heterocycles. The van der Waals surface area contributed by atoms with Crippen molar-refractivity contribution >= 4 is 17.6 Å². The van der Waals surface area contributed by atoms with Gasteiger partial charge in [0.1, 0.15) is 0 Å². The zero-order valence-electron chi connectivity index (χ0n) is 18.4. The van der Waals surface area contributed by atoms with Crippen LogP contribution in [-0.4, -0.2) is 69.1 Å². The summed E-state index contributed by atoms with van der Waals surface area (Å²) in [5.41, 5.74) is -1.02. The number of nitriles is 1. The number of hydrogen-bond donors (Lipinski definition) is 1. The molecule has 0 saturated carbocycles. The van der Waals surface area contributed by atoms with Crippen LogP contribution >= 0.6 is 0 Å². The lowest BCUT2D eigenvalue weighted by atomic mass is 9.78. The monoisotopic (exact) mass is 451 g/mol. The second-order valence-electron chi connectivity index (χ2n) is 8.63. The molecule has 2 fully saturated rings. The summed E-state index contributed by atoms with van der Waals surface area (Å²) in [7, 11) is 4.95. The van der Waals surface area contributed by atoms with E-state index in [1.54, 1.807) is 32.1 Å². The lowest BCUT2D eigenvalue weighted by Gasteiger charge is -2.36. The van der Waals surface area contributed by atoms with E-state index in [1.807, 2.05) is 4.90 Å². The van der Waals surface area contributed by atoms with Crippen LogP contribution in [0.1, 0.15) is 24.0 Å². The molecule has 0 spiro atoms. The highest BCUT2D eigenvalue weighted by Crippen LogP contribution is 2.40. The molecule has 1 aromatic carbocycles. The fourth-order valence-electron chi connectivity index (χ4n) is 4.86. The van der Waals surface area contributed by atoms with Crippen LogP contribution in [0.4, 0.5) is 23.7 Å². The SMILES string of the molecule is CNC(=O)N1CCC([C@@H]2CN(c3ccc(C#N)c(C(F)(F)F)c3)C[C@H]2C(=O)N(C)C)CC1. The van der Waals surface area contributed by atoms with Crippen LogP contribution in [-0.2, 0) is 11.0 Å². The number of halogens is 3. The Labute approximate surface area is 185 Å². The number of amides is 3. The maximum Gasteiger partial charge on any atom is 0.417 e. The fraction of sp³-hybridized carbons (Fsp3) is 0.591. The average Bonchev–Trinajstić information content (AvgIpc) is 3.22. The topological polar surface area (TPSA) is 79.7 Å². The van der Waals surface area contributed by atoms with Gasteiger partial charge in [0.05, 0.1) is 23.1 Å². The molecule has 2 aliphatic rings. The van der Waals surface area contributed by atoms with E-state index in [4.69, 9.17) is 5.26 Å². The number of likely N-dealkylation sites (tertiary alicyclic amines) is 1. The molecule has 1 aromatic rings. The van der Waals surface area contributed by atoms with Gasteiger partial charge in [-0.1, -0.05) is 0 Å². The van der Waals surface area contributed by atoms with E-state index in [2.05, 4.69) is 5.32 Å². The number of anilines is 1. The predicted octanol–water partition coefficient (Wildman–Crippen LogP) is 2.77. The summed E-state index contributed by atoms with van der Waals surface area (Å²) in [6.07, 6.45) is -3.15. The van der Waals surface area contributed by atoms with Crippen LogP contribution in [0.3, 0.4) is 0 Å². The van der Waals surface area contributed by atoms with Gasteiger partial charge in [-0.3, -0.25) is 4.79 Å². The van der Waals surface area contributed by atoms with E-state index in [0.717, 1.165) is 18.9 Å². The van der Waals surface area contributed by atoms with Crippen LogP contribution in [0, 0.1) is 29.1 Å². The molecule has 2 atom stereocenters. The smallest absolute Gasteiger partial charge is 0.370 e. The van der Waals surface area contributed by atoms with Crippen LogP contribution in [0.25, 0.3) is 0 Å². The summed E-state index contributed by atoms with van der Waals surface area (Å²) >= 11 is 0. The Bertz CT molecular complexity index is 904. The largest absolute Gasteiger partial charge is 0.417 e. The highest BCUT2D eigenvalue weighted by molar-refractivity contribution is 5.80. The molecular formula is C22H28F3N5O2. The van der Waals surface area contributed by atoms with E-state index in [-0.39, 0.29) is 29.7 Å². The number of urea groups is 1. The Balaban J connectivity index is 1.85. The summed E-state index contributed by atoms with van der Waals surface area (Å²) < 4.78 is 40.3. The number of carbonyl (C=O) groups is 2. The second-order valence-corrected chi connectivity index (χ2v) is 8.63. The maximum atomic E-state index is 13.4. The van der Waals surface area contributed by atoms with Gasteiger partial charge in [0, 0.05) is 53.0 Å². The van der Waals surface area contributed by atoms with Crippen LogP contribution < -0.4 is 10.2 Å². The van der Waals surface area contributed by atoms with Gasteiger partial charge in [-0.05, 0) is 42.9 Å². The molecule has 0 radical (unpaired) electrons. The van der Waals surface area contributed by atoms with Gasteiger partial charge in [-0.25, -0.2) is 4.79 Å². The van der Waals surface area contributed by atoms with Gasteiger partial charge in [-0.2, -0.15) is 18.4 Å². The van der Waals surface area contributed by atoms with E-state index in [0.29, 0.717) is 31.9 Å². The van der Waals surface area contributed by atoms with Crippen LogP contribution in [0.5, 0.6) is 0 Å². The van der Waals surface area contributed by atoms with Crippen molar-refractivity contribution < 1.29 is 22.8 Å². The minimum atomic E-state index is -4.63. The molecule has 2 aliphatic heterocycles. The van der Waals surface area contributed by atoms with E-state index in [1.165, 1.54) is 17.0 Å². The molecule has 0 bridgehead atoms. The first kappa shape index (κ1) is 23.7. The molecule has 10 heteroatoms. The Morgan fingerprint density at radius 2 is 1.84 bits per heavy atom. The number of rotatable bonds is 3. The van der Waals surface area contributed by atoms with Crippen molar-refractivity contribution in [2.45, 2.75) is 19.0 Å². The Hall–Kier alpha value is -2.96. The lowest BCUT2D eigenvalue weighted by Crippen LogP contribution is -2.46. The summed E-state index contributed by atoms with van der Waals surface area (Å²) in [6, 6.07) is 5.19. The van der Waals surface area contributed by atoms with Gasteiger partial charge in [0.2, 0.25) is 5.91 Å². The van der Waals surface area contributed by atoms with Gasteiger partial charge in [-0.15, -0.1) is 0 Å². The van der Waals surface area contributed by atoms with Crippen molar-refractivity contribution in [1.82, 2.24) is 15.1 Å². The molecule has 3 rings (SSSR count). The molecule has 32 heavy (non-hydrogen) atoms. The van der Waals surface area contributed by atoms with Crippen molar-refractivity contribution in [2.75, 3.05) is 52.2 Å². The molecule has 2 heterocycles. The number of alkyl halides is 3. The number of benzene rings is 1. The quantitative estimate of drug-likeness (QED) is 0.767. The average molecular weight is 451 g/mol. The lowest BCUT2D eigenvalue weighted by molar-refractivity contribution is -0.137. The normalized spacial score (nSPS) is 21.9. The molecular weight excluding hydrogens is 423 g/mol. The molecule has 1 N–H and O–H groups in total. The number of nitrogens with one attached hydrogen (secondary N) is 1. The zero-order chi connectivity index (χ0) is 23.6. The summed E-state index contributed by atoms with van der Waals surface area (Å²) in [6.45, 7) is 1.94. The third-order valence-electron chi connectivity index (χ3n) is 6.56. The van der Waals surface area contributed by atoms with E-state index >= 15 is 0 Å². The van der Waals surface area contributed by atoms with E-state index in [9.17, 15) is 22.8 Å². The molecule has 0 aromatic heterocycles. The van der Waals surface area contributed by atoms with Gasteiger partial charge in [0.25, 0.3) is 0 Å². The van der Waals surface area contributed by atoms with Crippen molar-refractivity contribution in [3.63, 3.8) is 0 Å². The summed E-state index contributed by atoms with van der Waals surface area (Å²) in [5.74, 6) is -0.223. The minimum absolute atomic E-state index is 0.0262. The molecule has 174 valence electrons. The second kappa shape index (κ2) is 9.27.